The number of ether oxygens (including phenoxy) is 2. The predicted octanol–water partition coefficient (Wildman–Crippen LogP) is 0.180. The molecule has 0 aliphatic rings. The summed E-state index contributed by atoms with van der Waals surface area (Å²) in [4.78, 5) is 19.1. The lowest BCUT2D eigenvalue weighted by Crippen LogP contribution is -2.12. The van der Waals surface area contributed by atoms with E-state index < -0.39 is 0 Å². The van der Waals surface area contributed by atoms with Gasteiger partial charge >= 0.3 is 5.97 Å². The maximum absolute atomic E-state index is 10.9. The van der Waals surface area contributed by atoms with Crippen LogP contribution in [0.3, 0.4) is 0 Å². The largest absolute Gasteiger partial charge is 0.469 e. The van der Waals surface area contributed by atoms with Gasteiger partial charge in [-0.3, -0.25) is 4.79 Å². The second-order valence-electron chi connectivity index (χ2n) is 3.28. The molecule has 0 saturated heterocycles. The van der Waals surface area contributed by atoms with Crippen molar-refractivity contribution in [2.45, 2.75) is 13.0 Å². The van der Waals surface area contributed by atoms with E-state index in [1.807, 2.05) is 0 Å². The van der Waals surface area contributed by atoms with Crippen LogP contribution >= 0.6 is 0 Å². The van der Waals surface area contributed by atoms with Crippen LogP contribution in [0.4, 0.5) is 11.6 Å². The summed E-state index contributed by atoms with van der Waals surface area (Å²) in [5.41, 5.74) is 5.61. The zero-order valence-corrected chi connectivity index (χ0v) is 9.90. The highest BCUT2D eigenvalue weighted by atomic mass is 16.5. The standard InChI is InChI=1S/C10H16N4O3/c1-16-6-9-13-7(11)5-8(14-9)12-4-3-10(15)17-2/h5H,3-4,6H2,1-2H3,(H3,11,12,13,14). The van der Waals surface area contributed by atoms with Gasteiger partial charge in [-0.05, 0) is 0 Å². The summed E-state index contributed by atoms with van der Waals surface area (Å²) in [7, 11) is 2.90. The number of nitrogens with zero attached hydrogens (tertiary/aromatic N) is 2. The smallest absolute Gasteiger partial charge is 0.307 e. The fourth-order valence-corrected chi connectivity index (χ4v) is 1.20. The van der Waals surface area contributed by atoms with Crippen LogP contribution in [0.15, 0.2) is 6.07 Å². The normalized spacial score (nSPS) is 10.0. The fourth-order valence-electron chi connectivity index (χ4n) is 1.20. The van der Waals surface area contributed by atoms with Crippen molar-refractivity contribution >= 4 is 17.6 Å². The van der Waals surface area contributed by atoms with Gasteiger partial charge in [0.15, 0.2) is 5.82 Å². The Kier molecular flexibility index (Phi) is 5.15. The topological polar surface area (TPSA) is 99.4 Å². The molecule has 7 heteroatoms. The molecule has 0 unspecified atom stereocenters. The third kappa shape index (κ3) is 4.64. The minimum Gasteiger partial charge on any atom is -0.469 e. The molecule has 1 aromatic heterocycles. The van der Waals surface area contributed by atoms with Crippen LogP contribution in [0.5, 0.6) is 0 Å². The van der Waals surface area contributed by atoms with E-state index in [-0.39, 0.29) is 19.0 Å². The first-order valence-corrected chi connectivity index (χ1v) is 5.08. The third-order valence-corrected chi connectivity index (χ3v) is 1.93. The number of aromatic nitrogens is 2. The molecule has 0 spiro atoms. The Morgan fingerprint density at radius 1 is 1.47 bits per heavy atom. The number of methoxy groups -OCH3 is 2. The third-order valence-electron chi connectivity index (χ3n) is 1.93. The van der Waals surface area contributed by atoms with Crippen molar-refractivity contribution in [2.24, 2.45) is 0 Å². The van der Waals surface area contributed by atoms with E-state index in [1.165, 1.54) is 7.11 Å². The molecule has 17 heavy (non-hydrogen) atoms. The second-order valence-corrected chi connectivity index (χ2v) is 3.28. The number of nitrogens with two attached hydrogens (primary N) is 1. The number of nitrogens with one attached hydrogen (secondary N) is 1. The summed E-state index contributed by atoms with van der Waals surface area (Å²) in [6.07, 6.45) is 0.264. The van der Waals surface area contributed by atoms with Crippen molar-refractivity contribution in [3.8, 4) is 0 Å². The Bertz CT molecular complexity index is 384. The van der Waals surface area contributed by atoms with Gasteiger partial charge < -0.3 is 20.5 Å². The Morgan fingerprint density at radius 3 is 2.88 bits per heavy atom. The first kappa shape index (κ1) is 13.2. The number of hydrogen-bond donors (Lipinski definition) is 2. The van der Waals surface area contributed by atoms with Crippen molar-refractivity contribution in [3.05, 3.63) is 11.9 Å². The second kappa shape index (κ2) is 6.64. The molecular weight excluding hydrogens is 224 g/mol. The Balaban J connectivity index is 2.55. The molecule has 0 fully saturated rings. The molecule has 1 aromatic rings. The Hall–Kier alpha value is -1.89. The maximum atomic E-state index is 10.9. The Labute approximate surface area is 99.3 Å². The summed E-state index contributed by atoms with van der Waals surface area (Å²) < 4.78 is 9.43. The average molecular weight is 240 g/mol. The summed E-state index contributed by atoms with van der Waals surface area (Å²) in [5, 5.41) is 2.96. The lowest BCUT2D eigenvalue weighted by molar-refractivity contribution is -0.140. The van der Waals surface area contributed by atoms with E-state index in [2.05, 4.69) is 20.0 Å². The van der Waals surface area contributed by atoms with Crippen LogP contribution in [-0.4, -0.2) is 36.7 Å². The van der Waals surface area contributed by atoms with Crippen molar-refractivity contribution in [3.63, 3.8) is 0 Å². The van der Waals surface area contributed by atoms with Gasteiger partial charge in [-0.25, -0.2) is 9.97 Å². The number of nitrogen functional groups attached to an aromatic ring is 1. The molecule has 1 rings (SSSR count). The Morgan fingerprint density at radius 2 is 2.24 bits per heavy atom. The van der Waals surface area contributed by atoms with Crippen molar-refractivity contribution in [2.75, 3.05) is 31.8 Å². The van der Waals surface area contributed by atoms with Crippen molar-refractivity contribution in [1.82, 2.24) is 9.97 Å². The van der Waals surface area contributed by atoms with E-state index in [0.29, 0.717) is 24.0 Å². The first-order chi connectivity index (χ1) is 8.15. The number of rotatable bonds is 6. The zero-order valence-electron chi connectivity index (χ0n) is 9.90. The van der Waals surface area contributed by atoms with Crippen LogP contribution in [-0.2, 0) is 20.9 Å². The highest BCUT2D eigenvalue weighted by Crippen LogP contribution is 2.08. The molecular formula is C10H16N4O3. The van der Waals surface area contributed by atoms with Gasteiger partial charge in [0, 0.05) is 19.7 Å². The number of hydrogen-bond acceptors (Lipinski definition) is 7. The summed E-state index contributed by atoms with van der Waals surface area (Å²) >= 11 is 0. The van der Waals surface area contributed by atoms with Gasteiger partial charge in [-0.2, -0.15) is 0 Å². The molecule has 7 nitrogen and oxygen atoms in total. The number of anilines is 2. The van der Waals surface area contributed by atoms with Gasteiger partial charge in [0.05, 0.1) is 13.5 Å². The van der Waals surface area contributed by atoms with E-state index in [4.69, 9.17) is 10.5 Å². The van der Waals surface area contributed by atoms with E-state index in [1.54, 1.807) is 13.2 Å². The summed E-state index contributed by atoms with van der Waals surface area (Å²) in [6.45, 7) is 0.715. The van der Waals surface area contributed by atoms with Crippen molar-refractivity contribution in [1.29, 1.82) is 0 Å². The van der Waals surface area contributed by atoms with E-state index >= 15 is 0 Å². The minimum atomic E-state index is -0.281. The molecule has 0 aliphatic carbocycles. The number of esters is 1. The molecule has 3 N–H and O–H groups in total. The van der Waals surface area contributed by atoms with Crippen LogP contribution in [0.2, 0.25) is 0 Å². The molecule has 0 radical (unpaired) electrons. The molecule has 0 aromatic carbocycles. The lowest BCUT2D eigenvalue weighted by Gasteiger charge is -2.07. The molecule has 0 amide bonds. The number of carbonyl (C=O) groups is 1. The molecule has 0 saturated carbocycles. The molecule has 1 heterocycles. The first-order valence-electron chi connectivity index (χ1n) is 5.08. The SMILES string of the molecule is COCc1nc(N)cc(NCCC(=O)OC)n1. The summed E-state index contributed by atoms with van der Waals surface area (Å²) in [6, 6.07) is 1.59. The van der Waals surface area contributed by atoms with Crippen LogP contribution < -0.4 is 11.1 Å². The fraction of sp³-hybridized carbons (Fsp3) is 0.500. The zero-order chi connectivity index (χ0) is 12.7. The minimum absolute atomic E-state index is 0.264. The monoisotopic (exact) mass is 240 g/mol. The van der Waals surface area contributed by atoms with Gasteiger partial charge in [0.2, 0.25) is 0 Å². The molecule has 0 atom stereocenters. The lowest BCUT2D eigenvalue weighted by atomic mass is 10.4. The van der Waals surface area contributed by atoms with Crippen LogP contribution in [0, 0.1) is 0 Å². The predicted molar refractivity (Wildman–Crippen MR) is 62.3 cm³/mol. The van der Waals surface area contributed by atoms with Gasteiger partial charge in [0.1, 0.15) is 18.2 Å². The molecule has 0 aliphatic heterocycles. The highest BCUT2D eigenvalue weighted by Gasteiger charge is 2.04. The number of carbonyl (C=O) groups excluding carboxylic acids is 1. The summed E-state index contributed by atoms with van der Waals surface area (Å²) in [5.74, 6) is 1.13. The quantitative estimate of drug-likeness (QED) is 0.684. The molecule has 0 bridgehead atoms. The van der Waals surface area contributed by atoms with Gasteiger partial charge in [-0.15, -0.1) is 0 Å². The van der Waals surface area contributed by atoms with E-state index in [0.717, 1.165) is 0 Å². The highest BCUT2D eigenvalue weighted by molar-refractivity contribution is 5.69. The van der Waals surface area contributed by atoms with Gasteiger partial charge in [-0.1, -0.05) is 0 Å². The maximum Gasteiger partial charge on any atom is 0.307 e. The van der Waals surface area contributed by atoms with Crippen molar-refractivity contribution < 1.29 is 14.3 Å². The van der Waals surface area contributed by atoms with Crippen LogP contribution in [0.25, 0.3) is 0 Å². The average Bonchev–Trinajstić information content (AvgIpc) is 2.28. The molecule has 94 valence electrons. The van der Waals surface area contributed by atoms with Gasteiger partial charge in [0.25, 0.3) is 0 Å². The van der Waals surface area contributed by atoms with E-state index in [9.17, 15) is 4.79 Å². The van der Waals surface area contributed by atoms with Crippen LogP contribution in [0.1, 0.15) is 12.2 Å².